The lowest BCUT2D eigenvalue weighted by atomic mass is 10.1. The van der Waals surface area contributed by atoms with Crippen LogP contribution in [0.3, 0.4) is 0 Å². The Morgan fingerprint density at radius 2 is 2.00 bits per heavy atom. The second-order valence-corrected chi connectivity index (χ2v) is 4.69. The number of pyridine rings is 1. The van der Waals surface area contributed by atoms with Gasteiger partial charge in [-0.25, -0.2) is 4.98 Å². The van der Waals surface area contributed by atoms with Crippen LogP contribution < -0.4 is 5.32 Å². The summed E-state index contributed by atoms with van der Waals surface area (Å²) in [5.41, 5.74) is 0.432. The SMILES string of the molecule is Cc1ccnc(Nc2ccc(C(F)(F)F)cc2Cl)c1C#N. The zero-order valence-electron chi connectivity index (χ0n) is 10.8. The van der Waals surface area contributed by atoms with Crippen LogP contribution in [0, 0.1) is 18.3 Å². The van der Waals surface area contributed by atoms with Crippen LogP contribution in [0.25, 0.3) is 0 Å². The molecule has 0 unspecified atom stereocenters. The molecule has 0 aliphatic heterocycles. The van der Waals surface area contributed by atoms with Crippen LogP contribution in [0.15, 0.2) is 30.5 Å². The van der Waals surface area contributed by atoms with Gasteiger partial charge in [-0.2, -0.15) is 18.4 Å². The lowest BCUT2D eigenvalue weighted by molar-refractivity contribution is -0.137. The van der Waals surface area contributed by atoms with Gasteiger partial charge in [-0.05, 0) is 36.8 Å². The van der Waals surface area contributed by atoms with Crippen molar-refractivity contribution < 1.29 is 13.2 Å². The lowest BCUT2D eigenvalue weighted by Gasteiger charge is -2.12. The van der Waals surface area contributed by atoms with E-state index in [1.807, 2.05) is 6.07 Å². The summed E-state index contributed by atoms with van der Waals surface area (Å²) < 4.78 is 37.7. The van der Waals surface area contributed by atoms with E-state index in [0.29, 0.717) is 11.1 Å². The van der Waals surface area contributed by atoms with E-state index in [1.165, 1.54) is 12.3 Å². The Hall–Kier alpha value is -2.26. The summed E-state index contributed by atoms with van der Waals surface area (Å²) in [7, 11) is 0. The molecule has 0 radical (unpaired) electrons. The number of aryl methyl sites for hydroxylation is 1. The number of halogens is 4. The Morgan fingerprint density at radius 3 is 2.57 bits per heavy atom. The van der Waals surface area contributed by atoms with Crippen LogP contribution in [-0.4, -0.2) is 4.98 Å². The number of hydrogen-bond acceptors (Lipinski definition) is 3. The van der Waals surface area contributed by atoms with Gasteiger partial charge < -0.3 is 5.32 Å². The van der Waals surface area contributed by atoms with Crippen molar-refractivity contribution in [3.8, 4) is 6.07 Å². The van der Waals surface area contributed by atoms with E-state index in [0.717, 1.165) is 12.1 Å². The van der Waals surface area contributed by atoms with Crippen LogP contribution in [-0.2, 0) is 6.18 Å². The molecule has 108 valence electrons. The predicted molar refractivity (Wildman–Crippen MR) is 73.4 cm³/mol. The summed E-state index contributed by atoms with van der Waals surface area (Å²) in [5.74, 6) is 0.249. The van der Waals surface area contributed by atoms with E-state index in [1.54, 1.807) is 13.0 Å². The molecule has 0 saturated heterocycles. The van der Waals surface area contributed by atoms with Crippen LogP contribution in [0.5, 0.6) is 0 Å². The summed E-state index contributed by atoms with van der Waals surface area (Å²) >= 11 is 5.85. The maximum atomic E-state index is 12.6. The number of nitrogens with zero attached hydrogens (tertiary/aromatic N) is 2. The molecule has 7 heteroatoms. The van der Waals surface area contributed by atoms with Gasteiger partial charge in [0.2, 0.25) is 0 Å². The van der Waals surface area contributed by atoms with Crippen LogP contribution in [0.1, 0.15) is 16.7 Å². The minimum atomic E-state index is -4.46. The molecule has 21 heavy (non-hydrogen) atoms. The molecule has 1 aromatic heterocycles. The van der Waals surface area contributed by atoms with E-state index in [-0.39, 0.29) is 16.5 Å². The predicted octanol–water partition coefficient (Wildman–Crippen LogP) is 4.68. The summed E-state index contributed by atoms with van der Waals surface area (Å²) in [4.78, 5) is 4.00. The third-order valence-corrected chi connectivity index (χ3v) is 3.13. The molecule has 0 amide bonds. The molecule has 0 spiro atoms. The molecule has 0 aliphatic carbocycles. The monoisotopic (exact) mass is 311 g/mol. The number of hydrogen-bond donors (Lipinski definition) is 1. The number of nitriles is 1. The number of benzene rings is 1. The van der Waals surface area contributed by atoms with Gasteiger partial charge in [0.25, 0.3) is 0 Å². The number of alkyl halides is 3. The first-order valence-corrected chi connectivity index (χ1v) is 6.20. The van der Waals surface area contributed by atoms with Crippen LogP contribution in [0.4, 0.5) is 24.7 Å². The van der Waals surface area contributed by atoms with Crippen LogP contribution >= 0.6 is 11.6 Å². The first-order chi connectivity index (χ1) is 9.82. The number of rotatable bonds is 2. The van der Waals surface area contributed by atoms with Crippen molar-refractivity contribution in [3.05, 3.63) is 52.2 Å². The van der Waals surface area contributed by atoms with E-state index < -0.39 is 11.7 Å². The Balaban J connectivity index is 2.38. The van der Waals surface area contributed by atoms with Crippen LogP contribution in [0.2, 0.25) is 5.02 Å². The smallest absolute Gasteiger partial charge is 0.338 e. The van der Waals surface area contributed by atoms with Gasteiger partial charge in [0, 0.05) is 6.20 Å². The molecule has 0 fully saturated rings. The topological polar surface area (TPSA) is 48.7 Å². The molecule has 3 nitrogen and oxygen atoms in total. The molecule has 0 atom stereocenters. The maximum absolute atomic E-state index is 12.6. The fourth-order valence-electron chi connectivity index (χ4n) is 1.71. The van der Waals surface area contributed by atoms with Crippen molar-refractivity contribution >= 4 is 23.1 Å². The van der Waals surface area contributed by atoms with Gasteiger partial charge in [-0.3, -0.25) is 0 Å². The molecule has 0 saturated carbocycles. The molecular formula is C14H9ClF3N3. The van der Waals surface area contributed by atoms with Gasteiger partial charge in [0.05, 0.1) is 21.8 Å². The number of anilines is 2. The van der Waals surface area contributed by atoms with E-state index in [2.05, 4.69) is 10.3 Å². The molecule has 2 aromatic rings. The van der Waals surface area contributed by atoms with Crippen molar-refractivity contribution in [2.24, 2.45) is 0 Å². The zero-order chi connectivity index (χ0) is 15.6. The Morgan fingerprint density at radius 1 is 1.29 bits per heavy atom. The highest BCUT2D eigenvalue weighted by atomic mass is 35.5. The molecule has 1 heterocycles. The number of aromatic nitrogens is 1. The third kappa shape index (κ3) is 3.26. The quantitative estimate of drug-likeness (QED) is 0.876. The Kier molecular flexibility index (Phi) is 4.05. The largest absolute Gasteiger partial charge is 0.416 e. The van der Waals surface area contributed by atoms with Gasteiger partial charge in [0.15, 0.2) is 0 Å². The maximum Gasteiger partial charge on any atom is 0.416 e. The van der Waals surface area contributed by atoms with Gasteiger partial charge in [-0.1, -0.05) is 11.6 Å². The molecule has 1 aromatic carbocycles. The normalized spacial score (nSPS) is 11.0. The van der Waals surface area contributed by atoms with E-state index in [4.69, 9.17) is 16.9 Å². The molecule has 0 bridgehead atoms. The fourth-order valence-corrected chi connectivity index (χ4v) is 1.94. The van der Waals surface area contributed by atoms with Crippen molar-refractivity contribution in [1.29, 1.82) is 5.26 Å². The minimum Gasteiger partial charge on any atom is -0.338 e. The van der Waals surface area contributed by atoms with Crippen molar-refractivity contribution in [2.75, 3.05) is 5.32 Å². The van der Waals surface area contributed by atoms with Gasteiger partial charge in [-0.15, -0.1) is 0 Å². The second-order valence-electron chi connectivity index (χ2n) is 4.28. The molecular weight excluding hydrogens is 303 g/mol. The third-order valence-electron chi connectivity index (χ3n) is 2.82. The average molecular weight is 312 g/mol. The number of nitrogens with one attached hydrogen (secondary N) is 1. The Labute approximate surface area is 124 Å². The van der Waals surface area contributed by atoms with Gasteiger partial charge >= 0.3 is 6.18 Å². The molecule has 0 aliphatic rings. The summed E-state index contributed by atoms with van der Waals surface area (Å²) in [6.07, 6.45) is -2.96. The summed E-state index contributed by atoms with van der Waals surface area (Å²) in [6.45, 7) is 1.74. The highest BCUT2D eigenvalue weighted by Crippen LogP contribution is 2.34. The van der Waals surface area contributed by atoms with Gasteiger partial charge in [0.1, 0.15) is 11.9 Å². The highest BCUT2D eigenvalue weighted by molar-refractivity contribution is 6.33. The Bertz CT molecular complexity index is 720. The molecule has 2 rings (SSSR count). The fraction of sp³-hybridized carbons (Fsp3) is 0.143. The minimum absolute atomic E-state index is 0.1000. The lowest BCUT2D eigenvalue weighted by Crippen LogP contribution is -2.05. The van der Waals surface area contributed by atoms with Crippen molar-refractivity contribution in [3.63, 3.8) is 0 Å². The highest BCUT2D eigenvalue weighted by Gasteiger charge is 2.30. The van der Waals surface area contributed by atoms with E-state index in [9.17, 15) is 13.2 Å². The first-order valence-electron chi connectivity index (χ1n) is 5.82. The first kappa shape index (κ1) is 15.1. The second kappa shape index (κ2) is 5.62. The zero-order valence-corrected chi connectivity index (χ0v) is 11.5. The van der Waals surface area contributed by atoms with Crippen molar-refractivity contribution in [1.82, 2.24) is 4.98 Å². The molecule has 1 N–H and O–H groups in total. The summed E-state index contributed by atoms with van der Waals surface area (Å²) in [5, 5.41) is 11.8. The standard InChI is InChI=1S/C14H9ClF3N3/c1-8-4-5-20-13(10(8)7-19)21-12-3-2-9(6-11(12)15)14(16,17)18/h2-6H,1H3,(H,20,21). The van der Waals surface area contributed by atoms with Crippen molar-refractivity contribution in [2.45, 2.75) is 13.1 Å². The van der Waals surface area contributed by atoms with E-state index >= 15 is 0 Å². The average Bonchev–Trinajstić information content (AvgIpc) is 2.40. The summed E-state index contributed by atoms with van der Waals surface area (Å²) in [6, 6.07) is 6.60.